The van der Waals surface area contributed by atoms with Crippen molar-refractivity contribution in [2.24, 2.45) is 11.7 Å². The molecule has 150 valence electrons. The van der Waals surface area contributed by atoms with Crippen molar-refractivity contribution in [1.29, 1.82) is 0 Å². The van der Waals surface area contributed by atoms with Gasteiger partial charge in [-0.15, -0.1) is 12.4 Å². The van der Waals surface area contributed by atoms with Gasteiger partial charge in [-0.25, -0.2) is 17.8 Å². The van der Waals surface area contributed by atoms with E-state index < -0.39 is 10.0 Å². The second-order valence-electron chi connectivity index (χ2n) is 6.65. The van der Waals surface area contributed by atoms with Crippen LogP contribution in [0.3, 0.4) is 0 Å². The molecule has 1 saturated carbocycles. The van der Waals surface area contributed by atoms with Gasteiger partial charge in [0.05, 0.1) is 19.5 Å². The van der Waals surface area contributed by atoms with Gasteiger partial charge in [-0.1, -0.05) is 31.4 Å². The molecule has 1 aromatic carbocycles. The van der Waals surface area contributed by atoms with Crippen LogP contribution in [0.5, 0.6) is 5.75 Å². The summed E-state index contributed by atoms with van der Waals surface area (Å²) in [5.41, 5.74) is 6.54. The molecule has 0 amide bonds. The number of nitrogens with zero attached hydrogens (tertiary/aromatic N) is 2. The molecular weight excluding hydrogens is 388 g/mol. The summed E-state index contributed by atoms with van der Waals surface area (Å²) >= 11 is 0. The number of nitrogens with two attached hydrogens (primary N) is 1. The van der Waals surface area contributed by atoms with Crippen LogP contribution in [0.25, 0.3) is 5.69 Å². The molecule has 0 saturated heterocycles. The molecule has 0 spiro atoms. The Morgan fingerprint density at radius 3 is 2.67 bits per heavy atom. The standard InChI is InChI=1S/C18H26N4O3S.ClH/c1-25-18-10-6-5-9-17(18)22-13-15(12-20-22)26(23,24)21-16(11-19)14-7-3-2-4-8-14;/h5-6,9-10,12-14,16,21H,2-4,7-8,11,19H2,1H3;1H. The molecule has 1 heterocycles. The first-order valence-corrected chi connectivity index (χ1v) is 10.4. The normalized spacial score (nSPS) is 16.5. The Balaban J connectivity index is 0.00000261. The van der Waals surface area contributed by atoms with Crippen molar-refractivity contribution in [3.8, 4) is 11.4 Å². The second-order valence-corrected chi connectivity index (χ2v) is 8.37. The minimum atomic E-state index is -3.68. The fourth-order valence-electron chi connectivity index (χ4n) is 3.54. The molecule has 1 aliphatic rings. The Hall–Kier alpha value is -1.61. The smallest absolute Gasteiger partial charge is 0.244 e. The predicted octanol–water partition coefficient (Wildman–Crippen LogP) is 2.49. The van der Waals surface area contributed by atoms with Crippen LogP contribution in [0.1, 0.15) is 32.1 Å². The van der Waals surface area contributed by atoms with E-state index in [0.29, 0.717) is 23.9 Å². The molecule has 3 rings (SSSR count). The summed E-state index contributed by atoms with van der Waals surface area (Å²) < 4.78 is 35.2. The lowest BCUT2D eigenvalue weighted by molar-refractivity contribution is 0.294. The maximum absolute atomic E-state index is 12.8. The van der Waals surface area contributed by atoms with Gasteiger partial charge >= 0.3 is 0 Å². The van der Waals surface area contributed by atoms with Gasteiger partial charge in [-0.3, -0.25) is 0 Å². The number of hydrogen-bond donors (Lipinski definition) is 2. The van der Waals surface area contributed by atoms with E-state index in [0.717, 1.165) is 25.7 Å². The summed E-state index contributed by atoms with van der Waals surface area (Å²) in [6, 6.07) is 7.08. The Morgan fingerprint density at radius 1 is 1.30 bits per heavy atom. The van der Waals surface area contributed by atoms with Crippen molar-refractivity contribution in [2.75, 3.05) is 13.7 Å². The van der Waals surface area contributed by atoms with Crippen LogP contribution in [-0.4, -0.2) is 37.9 Å². The number of aromatic nitrogens is 2. The lowest BCUT2D eigenvalue weighted by atomic mass is 9.84. The van der Waals surface area contributed by atoms with Crippen LogP contribution in [-0.2, 0) is 10.0 Å². The molecule has 9 heteroatoms. The van der Waals surface area contributed by atoms with Crippen molar-refractivity contribution >= 4 is 22.4 Å². The Morgan fingerprint density at radius 2 is 2.00 bits per heavy atom. The van der Waals surface area contributed by atoms with E-state index in [2.05, 4.69) is 9.82 Å². The van der Waals surface area contributed by atoms with Gasteiger partial charge in [-0.2, -0.15) is 5.10 Å². The van der Waals surface area contributed by atoms with E-state index in [-0.39, 0.29) is 23.3 Å². The first kappa shape index (κ1) is 21.7. The molecule has 1 unspecified atom stereocenters. The van der Waals surface area contributed by atoms with Gasteiger partial charge < -0.3 is 10.5 Å². The third-order valence-corrected chi connectivity index (χ3v) is 6.42. The van der Waals surface area contributed by atoms with Crippen molar-refractivity contribution in [1.82, 2.24) is 14.5 Å². The number of benzene rings is 1. The minimum Gasteiger partial charge on any atom is -0.494 e. The number of halogens is 1. The van der Waals surface area contributed by atoms with Crippen LogP contribution in [0.4, 0.5) is 0 Å². The molecule has 3 N–H and O–H groups in total. The Bertz CT molecular complexity index is 835. The van der Waals surface area contributed by atoms with E-state index in [1.54, 1.807) is 13.2 Å². The number of methoxy groups -OCH3 is 1. The van der Waals surface area contributed by atoms with Crippen molar-refractivity contribution in [3.63, 3.8) is 0 Å². The third kappa shape index (κ3) is 5.01. The predicted molar refractivity (Wildman–Crippen MR) is 107 cm³/mol. The molecule has 2 aromatic rings. The molecule has 0 radical (unpaired) electrons. The molecule has 1 fully saturated rings. The largest absolute Gasteiger partial charge is 0.494 e. The number of nitrogens with one attached hydrogen (secondary N) is 1. The SMILES string of the molecule is COc1ccccc1-n1cc(S(=O)(=O)NC(CN)C2CCCCC2)cn1.Cl. The second kappa shape index (κ2) is 9.54. The molecule has 27 heavy (non-hydrogen) atoms. The molecule has 0 bridgehead atoms. The summed E-state index contributed by atoms with van der Waals surface area (Å²) in [6.45, 7) is 0.296. The average molecular weight is 415 g/mol. The van der Waals surface area contributed by atoms with Crippen LogP contribution in [0.2, 0.25) is 0 Å². The number of rotatable bonds is 7. The van der Waals surface area contributed by atoms with Crippen LogP contribution < -0.4 is 15.2 Å². The highest BCUT2D eigenvalue weighted by molar-refractivity contribution is 7.89. The number of hydrogen-bond acceptors (Lipinski definition) is 5. The van der Waals surface area contributed by atoms with Gasteiger partial charge in [0.25, 0.3) is 0 Å². The van der Waals surface area contributed by atoms with E-state index in [4.69, 9.17) is 10.5 Å². The number of sulfonamides is 1. The third-order valence-electron chi connectivity index (χ3n) is 4.98. The highest BCUT2D eigenvalue weighted by Gasteiger charge is 2.28. The fourth-order valence-corrected chi connectivity index (χ4v) is 4.78. The van der Waals surface area contributed by atoms with E-state index >= 15 is 0 Å². The minimum absolute atomic E-state index is 0. The summed E-state index contributed by atoms with van der Waals surface area (Å²) in [5, 5.41) is 4.19. The average Bonchev–Trinajstić information content (AvgIpc) is 3.18. The molecule has 1 aromatic heterocycles. The monoisotopic (exact) mass is 414 g/mol. The summed E-state index contributed by atoms with van der Waals surface area (Å²) in [5.74, 6) is 0.919. The van der Waals surface area contributed by atoms with Gasteiger partial charge in [0.1, 0.15) is 16.3 Å². The van der Waals surface area contributed by atoms with Gasteiger partial charge in [0.15, 0.2) is 0 Å². The first-order valence-electron chi connectivity index (χ1n) is 8.95. The molecule has 0 aliphatic heterocycles. The summed E-state index contributed by atoms with van der Waals surface area (Å²) in [6.07, 6.45) is 8.36. The van der Waals surface area contributed by atoms with Crippen LogP contribution in [0.15, 0.2) is 41.6 Å². The van der Waals surface area contributed by atoms with Gasteiger partial charge in [0.2, 0.25) is 10.0 Å². The highest BCUT2D eigenvalue weighted by Crippen LogP contribution is 2.27. The van der Waals surface area contributed by atoms with Crippen molar-refractivity contribution < 1.29 is 13.2 Å². The Kier molecular flexibility index (Phi) is 7.67. The van der Waals surface area contributed by atoms with E-state index in [9.17, 15) is 8.42 Å². The molecular formula is C18H27ClN4O3S. The number of ether oxygens (including phenoxy) is 1. The fraction of sp³-hybridized carbons (Fsp3) is 0.500. The van der Waals surface area contributed by atoms with Crippen LogP contribution in [0, 0.1) is 5.92 Å². The lowest BCUT2D eigenvalue weighted by Crippen LogP contribution is -2.45. The summed E-state index contributed by atoms with van der Waals surface area (Å²) in [4.78, 5) is 0.123. The Labute approximate surface area is 166 Å². The topological polar surface area (TPSA) is 99.2 Å². The van der Waals surface area contributed by atoms with E-state index in [1.807, 2.05) is 18.2 Å². The molecule has 1 aliphatic carbocycles. The quantitative estimate of drug-likeness (QED) is 0.725. The zero-order valence-corrected chi connectivity index (χ0v) is 17.0. The maximum Gasteiger partial charge on any atom is 0.244 e. The van der Waals surface area contributed by atoms with E-state index in [1.165, 1.54) is 23.5 Å². The highest BCUT2D eigenvalue weighted by atomic mass is 35.5. The lowest BCUT2D eigenvalue weighted by Gasteiger charge is -2.29. The van der Waals surface area contributed by atoms with Crippen molar-refractivity contribution in [2.45, 2.75) is 43.0 Å². The van der Waals surface area contributed by atoms with Gasteiger partial charge in [0, 0.05) is 12.6 Å². The first-order chi connectivity index (χ1) is 12.5. The van der Waals surface area contributed by atoms with Crippen molar-refractivity contribution in [3.05, 3.63) is 36.7 Å². The molecule has 1 atom stereocenters. The summed E-state index contributed by atoms with van der Waals surface area (Å²) in [7, 11) is -2.11. The molecule has 7 nitrogen and oxygen atoms in total. The van der Waals surface area contributed by atoms with Gasteiger partial charge in [-0.05, 0) is 30.9 Å². The zero-order valence-electron chi connectivity index (χ0n) is 15.4. The maximum atomic E-state index is 12.8. The zero-order chi connectivity index (χ0) is 18.6. The van der Waals surface area contributed by atoms with Crippen LogP contribution >= 0.6 is 12.4 Å². The number of para-hydroxylation sites is 2.